The van der Waals surface area contributed by atoms with Crippen molar-refractivity contribution in [2.45, 2.75) is 13.3 Å². The van der Waals surface area contributed by atoms with Crippen LogP contribution in [-0.4, -0.2) is 42.4 Å². The van der Waals surface area contributed by atoms with Gasteiger partial charge in [0.15, 0.2) is 0 Å². The van der Waals surface area contributed by atoms with Crippen LogP contribution in [0.15, 0.2) is 12.2 Å². The number of carbonyl (C=O) groups is 3. The quantitative estimate of drug-likeness (QED) is 0.626. The van der Waals surface area contributed by atoms with Gasteiger partial charge in [0, 0.05) is 31.8 Å². The van der Waals surface area contributed by atoms with Crippen molar-refractivity contribution in [3.8, 4) is 0 Å². The van der Waals surface area contributed by atoms with Crippen LogP contribution in [0.2, 0.25) is 0 Å². The molecule has 0 bridgehead atoms. The van der Waals surface area contributed by atoms with E-state index in [2.05, 4.69) is 10.6 Å². The second-order valence-corrected chi connectivity index (χ2v) is 3.34. The molecule has 0 spiro atoms. The van der Waals surface area contributed by atoms with E-state index >= 15 is 0 Å². The molecular formula is C10H15N3O3. The maximum atomic E-state index is 11.1. The summed E-state index contributed by atoms with van der Waals surface area (Å²) in [6, 6.07) is -0.283. The molecular weight excluding hydrogens is 210 g/mol. The first kappa shape index (κ1) is 12.2. The smallest absolute Gasteiger partial charge is 0.314 e. The van der Waals surface area contributed by atoms with E-state index in [1.165, 1.54) is 12.2 Å². The lowest BCUT2D eigenvalue weighted by atomic mass is 10.5. The van der Waals surface area contributed by atoms with E-state index in [1.54, 1.807) is 0 Å². The minimum Gasteiger partial charge on any atom is -0.338 e. The fourth-order valence-corrected chi connectivity index (χ4v) is 1.23. The van der Waals surface area contributed by atoms with Crippen molar-refractivity contribution < 1.29 is 14.4 Å². The Kier molecular flexibility index (Phi) is 4.50. The zero-order chi connectivity index (χ0) is 12.0. The second-order valence-electron chi connectivity index (χ2n) is 3.34. The summed E-state index contributed by atoms with van der Waals surface area (Å²) in [7, 11) is 0. The van der Waals surface area contributed by atoms with Gasteiger partial charge in [-0.1, -0.05) is 6.92 Å². The molecule has 0 aliphatic carbocycles. The predicted octanol–water partition coefficient (Wildman–Crippen LogP) is -0.379. The minimum absolute atomic E-state index is 0.199. The molecule has 88 valence electrons. The normalized spacial score (nSPS) is 14.4. The van der Waals surface area contributed by atoms with Gasteiger partial charge in [0.05, 0.1) is 0 Å². The van der Waals surface area contributed by atoms with Gasteiger partial charge in [-0.25, -0.2) is 4.79 Å². The van der Waals surface area contributed by atoms with Gasteiger partial charge in [0.1, 0.15) is 0 Å². The molecule has 6 nitrogen and oxygen atoms in total. The van der Waals surface area contributed by atoms with Crippen LogP contribution >= 0.6 is 0 Å². The van der Waals surface area contributed by atoms with E-state index in [4.69, 9.17) is 0 Å². The molecule has 2 N–H and O–H groups in total. The third-order valence-electron chi connectivity index (χ3n) is 2.06. The highest BCUT2D eigenvalue weighted by Crippen LogP contribution is 2.01. The van der Waals surface area contributed by atoms with Crippen molar-refractivity contribution in [3.63, 3.8) is 0 Å². The first-order chi connectivity index (χ1) is 7.65. The Labute approximate surface area is 93.7 Å². The molecule has 0 saturated heterocycles. The number of amides is 4. The fourth-order valence-electron chi connectivity index (χ4n) is 1.23. The van der Waals surface area contributed by atoms with Gasteiger partial charge in [-0.05, 0) is 6.42 Å². The maximum absolute atomic E-state index is 11.1. The minimum atomic E-state index is -0.333. The number of rotatable bonds is 5. The van der Waals surface area contributed by atoms with Gasteiger partial charge in [-0.15, -0.1) is 0 Å². The number of nitrogens with one attached hydrogen (secondary N) is 2. The summed E-state index contributed by atoms with van der Waals surface area (Å²) >= 11 is 0. The molecule has 0 atom stereocenters. The molecule has 0 radical (unpaired) electrons. The molecule has 1 aliphatic heterocycles. The van der Waals surface area contributed by atoms with Crippen LogP contribution < -0.4 is 10.6 Å². The number of urea groups is 1. The number of hydrogen-bond acceptors (Lipinski definition) is 3. The molecule has 1 heterocycles. The number of nitrogens with zero attached hydrogens (tertiary/aromatic N) is 1. The van der Waals surface area contributed by atoms with Gasteiger partial charge in [-0.3, -0.25) is 14.5 Å². The Morgan fingerprint density at radius 2 is 1.75 bits per heavy atom. The van der Waals surface area contributed by atoms with Gasteiger partial charge in [0.25, 0.3) is 11.8 Å². The molecule has 4 amide bonds. The van der Waals surface area contributed by atoms with Crippen LogP contribution in [0.1, 0.15) is 13.3 Å². The van der Waals surface area contributed by atoms with Gasteiger partial charge in [0.2, 0.25) is 0 Å². The van der Waals surface area contributed by atoms with Crippen molar-refractivity contribution in [1.29, 1.82) is 0 Å². The average Bonchev–Trinajstić information content (AvgIpc) is 2.57. The standard InChI is InChI=1S/C10H15N3O3/c1-2-5-11-10(16)12-6-7-13-8(14)3-4-9(13)15/h3-4H,2,5-7H2,1H3,(H2,11,12,16). The summed E-state index contributed by atoms with van der Waals surface area (Å²) in [5.74, 6) is -0.665. The van der Waals surface area contributed by atoms with Gasteiger partial charge >= 0.3 is 6.03 Å². The van der Waals surface area contributed by atoms with E-state index < -0.39 is 0 Å². The molecule has 0 fully saturated rings. The van der Waals surface area contributed by atoms with Crippen molar-refractivity contribution in [1.82, 2.24) is 15.5 Å². The number of imide groups is 1. The molecule has 6 heteroatoms. The first-order valence-electron chi connectivity index (χ1n) is 5.20. The molecule has 0 saturated carbocycles. The maximum Gasteiger partial charge on any atom is 0.314 e. The van der Waals surface area contributed by atoms with E-state index in [-0.39, 0.29) is 30.9 Å². The van der Waals surface area contributed by atoms with E-state index in [9.17, 15) is 14.4 Å². The molecule has 0 aromatic carbocycles. The van der Waals surface area contributed by atoms with Crippen LogP contribution in [-0.2, 0) is 9.59 Å². The van der Waals surface area contributed by atoms with Crippen LogP contribution in [0.3, 0.4) is 0 Å². The Morgan fingerprint density at radius 1 is 1.19 bits per heavy atom. The van der Waals surface area contributed by atoms with Crippen LogP contribution in [0.25, 0.3) is 0 Å². The van der Waals surface area contributed by atoms with Gasteiger partial charge < -0.3 is 10.6 Å². The largest absolute Gasteiger partial charge is 0.338 e. The molecule has 0 aromatic heterocycles. The summed E-state index contributed by atoms with van der Waals surface area (Å²) in [6.45, 7) is 3.02. The molecule has 1 aliphatic rings. The van der Waals surface area contributed by atoms with Crippen molar-refractivity contribution in [2.24, 2.45) is 0 Å². The monoisotopic (exact) mass is 225 g/mol. The van der Waals surface area contributed by atoms with E-state index in [0.717, 1.165) is 11.3 Å². The Bertz CT molecular complexity index is 307. The fraction of sp³-hybridized carbons (Fsp3) is 0.500. The van der Waals surface area contributed by atoms with Crippen LogP contribution in [0, 0.1) is 0 Å². The summed E-state index contributed by atoms with van der Waals surface area (Å²) in [5, 5.41) is 5.19. The summed E-state index contributed by atoms with van der Waals surface area (Å²) in [4.78, 5) is 34.4. The SMILES string of the molecule is CCCNC(=O)NCCN1C(=O)C=CC1=O. The van der Waals surface area contributed by atoms with Crippen molar-refractivity contribution in [3.05, 3.63) is 12.2 Å². The molecule has 16 heavy (non-hydrogen) atoms. The zero-order valence-corrected chi connectivity index (χ0v) is 9.16. The first-order valence-corrected chi connectivity index (χ1v) is 5.20. The lowest BCUT2D eigenvalue weighted by Gasteiger charge is -2.14. The molecule has 0 unspecified atom stereocenters. The zero-order valence-electron chi connectivity index (χ0n) is 9.16. The highest BCUT2D eigenvalue weighted by atomic mass is 16.2. The molecule has 0 aromatic rings. The second kappa shape index (κ2) is 5.89. The highest BCUT2D eigenvalue weighted by Gasteiger charge is 2.22. The Morgan fingerprint density at radius 3 is 2.31 bits per heavy atom. The Hall–Kier alpha value is -1.85. The lowest BCUT2D eigenvalue weighted by Crippen LogP contribution is -2.42. The topological polar surface area (TPSA) is 78.5 Å². The van der Waals surface area contributed by atoms with Crippen molar-refractivity contribution in [2.75, 3.05) is 19.6 Å². The van der Waals surface area contributed by atoms with Crippen LogP contribution in [0.5, 0.6) is 0 Å². The number of hydrogen-bond donors (Lipinski definition) is 2. The third-order valence-corrected chi connectivity index (χ3v) is 2.06. The van der Waals surface area contributed by atoms with Crippen LogP contribution in [0.4, 0.5) is 4.79 Å². The average molecular weight is 225 g/mol. The highest BCUT2D eigenvalue weighted by molar-refractivity contribution is 6.12. The van der Waals surface area contributed by atoms with Gasteiger partial charge in [-0.2, -0.15) is 0 Å². The Balaban J connectivity index is 2.18. The summed E-state index contributed by atoms with van der Waals surface area (Å²) in [6.07, 6.45) is 3.30. The summed E-state index contributed by atoms with van der Waals surface area (Å²) in [5.41, 5.74) is 0. The van der Waals surface area contributed by atoms with E-state index in [0.29, 0.717) is 6.54 Å². The predicted molar refractivity (Wildman–Crippen MR) is 57.6 cm³/mol. The van der Waals surface area contributed by atoms with E-state index in [1.807, 2.05) is 6.92 Å². The third kappa shape index (κ3) is 3.38. The molecule has 1 rings (SSSR count). The summed E-state index contributed by atoms with van der Waals surface area (Å²) < 4.78 is 0. The van der Waals surface area contributed by atoms with Crippen molar-refractivity contribution >= 4 is 17.8 Å². The lowest BCUT2D eigenvalue weighted by molar-refractivity contribution is -0.136. The number of carbonyl (C=O) groups excluding carboxylic acids is 3.